The van der Waals surface area contributed by atoms with Gasteiger partial charge in [0.2, 0.25) is 0 Å². The highest BCUT2D eigenvalue weighted by Crippen LogP contribution is 2.39. The van der Waals surface area contributed by atoms with E-state index in [9.17, 15) is 4.39 Å². The molecule has 1 N–H and O–H groups in total. The molecule has 1 saturated carbocycles. The third-order valence-corrected chi connectivity index (χ3v) is 4.14. The zero-order chi connectivity index (χ0) is 14.1. The zero-order valence-electron chi connectivity index (χ0n) is 10.7. The highest BCUT2D eigenvalue weighted by molar-refractivity contribution is 6.31. The summed E-state index contributed by atoms with van der Waals surface area (Å²) in [6.07, 6.45) is 2.04. The quantitative estimate of drug-likeness (QED) is 0.790. The van der Waals surface area contributed by atoms with Gasteiger partial charge in [-0.3, -0.25) is 0 Å². The molecule has 0 amide bonds. The molecule has 0 aliphatic heterocycles. The summed E-state index contributed by atoms with van der Waals surface area (Å²) in [6.45, 7) is 0. The van der Waals surface area contributed by atoms with Gasteiger partial charge in [-0.2, -0.15) is 0 Å². The van der Waals surface area contributed by atoms with E-state index < -0.39 is 0 Å². The molecule has 0 spiro atoms. The molecule has 0 bridgehead atoms. The number of rotatable bonds is 3. The van der Waals surface area contributed by atoms with Crippen molar-refractivity contribution in [3.63, 3.8) is 0 Å². The lowest BCUT2D eigenvalue weighted by Gasteiger charge is -2.37. The van der Waals surface area contributed by atoms with Crippen LogP contribution in [0.25, 0.3) is 0 Å². The lowest BCUT2D eigenvalue weighted by atomic mass is 9.76. The topological polar surface area (TPSA) is 12.0 Å². The van der Waals surface area contributed by atoms with Crippen LogP contribution < -0.4 is 5.32 Å². The van der Waals surface area contributed by atoms with Crippen LogP contribution in [0.15, 0.2) is 42.5 Å². The molecule has 0 saturated heterocycles. The highest BCUT2D eigenvalue weighted by Gasteiger charge is 2.30. The zero-order valence-corrected chi connectivity index (χ0v) is 12.3. The van der Waals surface area contributed by atoms with E-state index in [0.717, 1.165) is 23.6 Å². The molecule has 1 aliphatic carbocycles. The van der Waals surface area contributed by atoms with Gasteiger partial charge in [0.05, 0.1) is 0 Å². The van der Waals surface area contributed by atoms with Crippen LogP contribution in [0.1, 0.15) is 24.3 Å². The van der Waals surface area contributed by atoms with E-state index >= 15 is 0 Å². The van der Waals surface area contributed by atoms with E-state index in [2.05, 4.69) is 11.4 Å². The van der Waals surface area contributed by atoms with Gasteiger partial charge in [0, 0.05) is 21.8 Å². The van der Waals surface area contributed by atoms with Crippen molar-refractivity contribution in [2.75, 3.05) is 5.32 Å². The van der Waals surface area contributed by atoms with Crippen LogP contribution in [0.2, 0.25) is 10.0 Å². The molecular formula is C16H14Cl2FN. The molecule has 2 aromatic rings. The minimum Gasteiger partial charge on any atom is -0.382 e. The van der Waals surface area contributed by atoms with Gasteiger partial charge < -0.3 is 5.32 Å². The molecule has 0 unspecified atom stereocenters. The summed E-state index contributed by atoms with van der Waals surface area (Å²) in [7, 11) is 0. The number of anilines is 1. The molecule has 104 valence electrons. The van der Waals surface area contributed by atoms with Crippen molar-refractivity contribution in [2.24, 2.45) is 0 Å². The predicted octanol–water partition coefficient (Wildman–Crippen LogP) is 5.49. The van der Waals surface area contributed by atoms with Gasteiger partial charge in [-0.15, -0.1) is 0 Å². The van der Waals surface area contributed by atoms with Gasteiger partial charge in [-0.1, -0.05) is 35.3 Å². The minimum atomic E-state index is -0.314. The normalized spacial score (nSPS) is 21.4. The van der Waals surface area contributed by atoms with E-state index in [1.165, 1.54) is 17.7 Å². The first kappa shape index (κ1) is 13.7. The average molecular weight is 310 g/mol. The summed E-state index contributed by atoms with van der Waals surface area (Å²) in [5.41, 5.74) is 2.01. The van der Waals surface area contributed by atoms with Crippen molar-refractivity contribution in [2.45, 2.75) is 24.8 Å². The second-order valence-electron chi connectivity index (χ2n) is 5.22. The van der Waals surface area contributed by atoms with Gasteiger partial charge in [0.15, 0.2) is 0 Å². The summed E-state index contributed by atoms with van der Waals surface area (Å²) in [5.74, 6) is 0.209. The van der Waals surface area contributed by atoms with Crippen LogP contribution in [-0.4, -0.2) is 6.04 Å². The van der Waals surface area contributed by atoms with Crippen LogP contribution >= 0.6 is 23.2 Å². The number of halogens is 3. The molecule has 0 heterocycles. The molecular weight excluding hydrogens is 296 g/mol. The van der Waals surface area contributed by atoms with E-state index in [4.69, 9.17) is 23.2 Å². The molecule has 1 aliphatic rings. The van der Waals surface area contributed by atoms with Gasteiger partial charge in [-0.05, 0) is 54.7 Å². The minimum absolute atomic E-state index is 0.314. The van der Waals surface area contributed by atoms with Crippen LogP contribution in [0, 0.1) is 5.82 Å². The summed E-state index contributed by atoms with van der Waals surface area (Å²) in [4.78, 5) is 0. The Hall–Kier alpha value is -1.25. The Morgan fingerprint density at radius 1 is 1.00 bits per heavy atom. The first-order valence-electron chi connectivity index (χ1n) is 6.58. The maximum Gasteiger partial charge on any atom is 0.126 e. The Morgan fingerprint density at radius 2 is 1.80 bits per heavy atom. The summed E-state index contributed by atoms with van der Waals surface area (Å²) in [5, 5.41) is 4.51. The van der Waals surface area contributed by atoms with E-state index in [0.29, 0.717) is 17.0 Å². The van der Waals surface area contributed by atoms with Crippen LogP contribution in [0.4, 0.5) is 10.1 Å². The SMILES string of the molecule is Fc1cc(Cl)cc(NC2CC(c3cccc(Cl)c3)C2)c1. The Morgan fingerprint density at radius 3 is 2.50 bits per heavy atom. The Bertz CT molecular complexity index is 603. The molecule has 1 fully saturated rings. The van der Waals surface area contributed by atoms with Gasteiger partial charge in [-0.25, -0.2) is 4.39 Å². The molecule has 0 atom stereocenters. The molecule has 2 aromatic carbocycles. The second kappa shape index (κ2) is 5.63. The summed E-state index contributed by atoms with van der Waals surface area (Å²) >= 11 is 11.8. The lowest BCUT2D eigenvalue weighted by Crippen LogP contribution is -2.34. The Kier molecular flexibility index (Phi) is 3.86. The lowest BCUT2D eigenvalue weighted by molar-refractivity contribution is 0.374. The molecule has 0 aromatic heterocycles. The smallest absolute Gasteiger partial charge is 0.126 e. The van der Waals surface area contributed by atoms with Crippen LogP contribution in [0.5, 0.6) is 0 Å². The summed E-state index contributed by atoms with van der Waals surface area (Å²) < 4.78 is 13.2. The number of hydrogen-bond acceptors (Lipinski definition) is 1. The summed E-state index contributed by atoms with van der Waals surface area (Å²) in [6, 6.07) is 12.9. The third kappa shape index (κ3) is 3.08. The van der Waals surface area contributed by atoms with Crippen molar-refractivity contribution in [3.05, 3.63) is 63.9 Å². The van der Waals surface area contributed by atoms with Crippen molar-refractivity contribution >= 4 is 28.9 Å². The fourth-order valence-corrected chi connectivity index (χ4v) is 3.06. The van der Waals surface area contributed by atoms with Crippen LogP contribution in [0.3, 0.4) is 0 Å². The van der Waals surface area contributed by atoms with Crippen molar-refractivity contribution in [1.82, 2.24) is 0 Å². The van der Waals surface area contributed by atoms with E-state index in [1.54, 1.807) is 6.07 Å². The number of benzene rings is 2. The van der Waals surface area contributed by atoms with Crippen molar-refractivity contribution in [3.8, 4) is 0 Å². The molecule has 0 radical (unpaired) electrons. The standard InChI is InChI=1S/C16H14Cl2FN/c17-12-3-1-2-10(4-12)11-5-15(6-11)20-16-8-13(18)7-14(19)9-16/h1-4,7-9,11,15,20H,5-6H2. The van der Waals surface area contributed by atoms with Gasteiger partial charge >= 0.3 is 0 Å². The first-order chi connectivity index (χ1) is 9.60. The highest BCUT2D eigenvalue weighted by atomic mass is 35.5. The van der Waals surface area contributed by atoms with Crippen molar-refractivity contribution in [1.29, 1.82) is 0 Å². The number of nitrogens with one attached hydrogen (secondary N) is 1. The third-order valence-electron chi connectivity index (χ3n) is 3.69. The fraction of sp³-hybridized carbons (Fsp3) is 0.250. The van der Waals surface area contributed by atoms with E-state index in [-0.39, 0.29) is 5.82 Å². The monoisotopic (exact) mass is 309 g/mol. The average Bonchev–Trinajstić information content (AvgIpc) is 2.32. The molecule has 3 rings (SSSR count). The van der Waals surface area contributed by atoms with Crippen molar-refractivity contribution < 1.29 is 4.39 Å². The largest absolute Gasteiger partial charge is 0.382 e. The molecule has 1 nitrogen and oxygen atoms in total. The Balaban J connectivity index is 1.61. The van der Waals surface area contributed by atoms with Gasteiger partial charge in [0.1, 0.15) is 5.82 Å². The maximum absolute atomic E-state index is 13.2. The predicted molar refractivity (Wildman–Crippen MR) is 82.2 cm³/mol. The number of hydrogen-bond donors (Lipinski definition) is 1. The molecule has 20 heavy (non-hydrogen) atoms. The molecule has 4 heteroatoms. The fourth-order valence-electron chi connectivity index (χ4n) is 2.64. The van der Waals surface area contributed by atoms with Gasteiger partial charge in [0.25, 0.3) is 0 Å². The van der Waals surface area contributed by atoms with E-state index in [1.807, 2.05) is 18.2 Å². The van der Waals surface area contributed by atoms with Crippen LogP contribution in [-0.2, 0) is 0 Å². The Labute approximate surface area is 127 Å². The second-order valence-corrected chi connectivity index (χ2v) is 6.10. The maximum atomic E-state index is 13.2. The first-order valence-corrected chi connectivity index (χ1v) is 7.34.